The monoisotopic (exact) mass is 1060 g/mol. The molecular weight excluding hydrogens is 1020 g/mol. The van der Waals surface area contributed by atoms with E-state index in [4.69, 9.17) is 9.41 Å². The molecule has 5 heterocycles. The second-order valence-corrected chi connectivity index (χ2v) is 20.5. The third kappa shape index (κ3) is 9.12. The van der Waals surface area contributed by atoms with Crippen molar-refractivity contribution in [2.45, 2.75) is 9.79 Å². The maximum Gasteiger partial charge on any atom is 0.259 e. The topological polar surface area (TPSA) is 169 Å². The van der Waals surface area contributed by atoms with Gasteiger partial charge >= 0.3 is 0 Å². The van der Waals surface area contributed by atoms with Crippen LogP contribution in [-0.4, -0.2) is 36.8 Å². The summed E-state index contributed by atoms with van der Waals surface area (Å²) in [5.41, 5.74) is 8.92. The Morgan fingerprint density at radius 3 is 1.46 bits per heavy atom. The van der Waals surface area contributed by atoms with Crippen LogP contribution in [0.25, 0.3) is 77.9 Å². The van der Waals surface area contributed by atoms with Crippen LogP contribution in [0.1, 0.15) is 0 Å². The van der Waals surface area contributed by atoms with Crippen molar-refractivity contribution in [3.8, 4) is 67.0 Å². The number of para-hydroxylation sites is 2. The zero-order chi connectivity index (χ0) is 52.7. The summed E-state index contributed by atoms with van der Waals surface area (Å²) in [6.45, 7) is 0. The van der Waals surface area contributed by atoms with Crippen molar-refractivity contribution in [1.29, 1.82) is 0 Å². The molecule has 0 unspecified atom stereocenters. The maximum absolute atomic E-state index is 15.0. The van der Waals surface area contributed by atoms with Gasteiger partial charge in [-0.3, -0.25) is 19.9 Å². The highest BCUT2D eigenvalue weighted by Crippen LogP contribution is 2.45. The zero-order valence-corrected chi connectivity index (χ0v) is 40.6. The second-order valence-electron chi connectivity index (χ2n) is 17.0. The van der Waals surface area contributed by atoms with Crippen molar-refractivity contribution >= 4 is 48.1 Å². The number of rotatable bonds is 12. The van der Waals surface area contributed by atoms with Crippen LogP contribution in [0.15, 0.2) is 214 Å². The van der Waals surface area contributed by atoms with E-state index < -0.39 is 58.9 Å². The van der Waals surface area contributed by atoms with Gasteiger partial charge in [-0.1, -0.05) is 54.6 Å². The molecule has 12 nitrogen and oxygen atoms in total. The Morgan fingerprint density at radius 2 is 0.921 bits per heavy atom. The molecule has 0 saturated heterocycles. The number of hydrogen-bond donors (Lipinski definition) is 2. The second kappa shape index (κ2) is 19.9. The molecular formula is C57H34F5N7O5S2. The molecule has 0 radical (unpaired) electrons. The molecule has 2 aliphatic rings. The van der Waals surface area contributed by atoms with Crippen molar-refractivity contribution in [3.63, 3.8) is 0 Å². The van der Waals surface area contributed by atoms with Crippen LogP contribution < -0.4 is 14.8 Å². The standard InChI is InChI=1S/C57H34F5N7O5S2/c58-50-51(59)53(61)57(54(62)52(50)60)76(72,73)69-75(70,71)48-10-2-1-5-45(48)49-43-13-11-37(67-55-39(33-15-23-63-24-16-33)6-3-7-40(55)34-17-25-64-26-18-34)31-46(43)74-47-32-38(12-14-44(47)49)68-56-41(35-19-27-65-28-20-35)8-4-9-42(56)36-21-29-66-30-22-36/h1-32,67,69H. The third-order valence-electron chi connectivity index (χ3n) is 12.4. The Balaban J connectivity index is 1.13. The predicted molar refractivity (Wildman–Crippen MR) is 276 cm³/mol. The highest BCUT2D eigenvalue weighted by molar-refractivity contribution is 8.04. The fraction of sp³-hybridized carbons (Fsp3) is 0. The first-order valence-corrected chi connectivity index (χ1v) is 25.8. The minimum Gasteiger partial charge on any atom is -0.456 e. The fourth-order valence-corrected chi connectivity index (χ4v) is 12.2. The number of hydrogen-bond acceptors (Lipinski definition) is 11. The quantitative estimate of drug-likeness (QED) is 0.0520. The Labute approximate surface area is 430 Å². The molecule has 2 N–H and O–H groups in total. The number of nitrogens with zero attached hydrogens (tertiary/aromatic N) is 5. The predicted octanol–water partition coefficient (Wildman–Crippen LogP) is 12.8. The van der Waals surface area contributed by atoms with E-state index in [1.165, 1.54) is 22.3 Å². The van der Waals surface area contributed by atoms with Gasteiger partial charge in [-0.15, -0.1) is 4.13 Å². The number of nitrogens with one attached hydrogen (secondary N) is 2. The summed E-state index contributed by atoms with van der Waals surface area (Å²) in [6.07, 6.45) is 13.4. The van der Waals surface area contributed by atoms with Crippen LogP contribution in [0.5, 0.6) is 0 Å². The Bertz CT molecular complexity index is 4190. The number of sulfonamides is 2. The first-order chi connectivity index (χ1) is 36.8. The van der Waals surface area contributed by atoms with E-state index in [2.05, 4.69) is 25.3 Å². The van der Waals surface area contributed by atoms with Crippen LogP contribution in [0.3, 0.4) is 0 Å². The van der Waals surface area contributed by atoms with Gasteiger partial charge in [0.2, 0.25) is 5.82 Å². The molecule has 19 heteroatoms. The van der Waals surface area contributed by atoms with Crippen LogP contribution in [-0.2, 0) is 20.0 Å². The number of pyridine rings is 4. The molecule has 374 valence electrons. The number of benzene rings is 6. The number of halogens is 5. The number of fused-ring (bicyclic) bond motifs is 2. The van der Waals surface area contributed by atoms with Gasteiger partial charge in [0.1, 0.15) is 11.3 Å². The normalized spacial score (nSPS) is 12.1. The van der Waals surface area contributed by atoms with Gasteiger partial charge < -0.3 is 9.73 Å². The zero-order valence-electron chi connectivity index (χ0n) is 39.0. The average molecular weight is 1060 g/mol. The van der Waals surface area contributed by atoms with Crippen molar-refractivity contribution < 1.29 is 43.2 Å². The van der Waals surface area contributed by atoms with Gasteiger partial charge in [0.15, 0.2) is 28.2 Å². The summed E-state index contributed by atoms with van der Waals surface area (Å²) in [4.78, 5) is 18.9. The molecule has 0 saturated carbocycles. The van der Waals surface area contributed by atoms with Crippen molar-refractivity contribution in [2.75, 3.05) is 5.32 Å². The minimum absolute atomic E-state index is 0.134. The van der Waals surface area contributed by atoms with E-state index in [1.807, 2.05) is 84.9 Å². The van der Waals surface area contributed by atoms with Crippen LogP contribution >= 0.6 is 0 Å². The Kier molecular flexibility index (Phi) is 12.8. The Morgan fingerprint density at radius 1 is 0.447 bits per heavy atom. The summed E-state index contributed by atoms with van der Waals surface area (Å²) in [6, 6.07) is 41.7. The molecule has 1 aliphatic carbocycles. The van der Waals surface area contributed by atoms with E-state index in [0.717, 1.165) is 50.6 Å². The summed E-state index contributed by atoms with van der Waals surface area (Å²) in [7, 11) is -11.5. The van der Waals surface area contributed by atoms with Crippen molar-refractivity contribution in [2.24, 2.45) is 4.99 Å². The number of anilines is 2. The average Bonchev–Trinajstić information content (AvgIpc) is 3.48. The van der Waals surface area contributed by atoms with Crippen molar-refractivity contribution in [3.05, 3.63) is 230 Å². The van der Waals surface area contributed by atoms with Gasteiger partial charge in [-0.25, -0.2) is 43.8 Å². The van der Waals surface area contributed by atoms with Gasteiger partial charge in [-0.2, -0.15) is 0 Å². The van der Waals surface area contributed by atoms with E-state index >= 15 is 0 Å². The van der Waals surface area contributed by atoms with Crippen LogP contribution in [0, 0.1) is 29.1 Å². The summed E-state index contributed by atoms with van der Waals surface area (Å²) >= 11 is 0. The molecule has 0 bridgehead atoms. The molecule has 76 heavy (non-hydrogen) atoms. The molecule has 4 aromatic heterocycles. The molecule has 0 atom stereocenters. The molecule has 0 amide bonds. The fourth-order valence-electron chi connectivity index (χ4n) is 8.97. The van der Waals surface area contributed by atoms with Crippen LogP contribution in [0.4, 0.5) is 39.0 Å². The van der Waals surface area contributed by atoms with Gasteiger partial charge in [0, 0.05) is 112 Å². The molecule has 0 fully saturated rings. The number of aromatic nitrogens is 4. The molecule has 1 aliphatic heterocycles. The van der Waals surface area contributed by atoms with E-state index in [-0.39, 0.29) is 22.5 Å². The molecule has 11 rings (SSSR count). The van der Waals surface area contributed by atoms with E-state index in [0.29, 0.717) is 33.4 Å². The minimum atomic E-state index is -6.03. The summed E-state index contributed by atoms with van der Waals surface area (Å²) in [5.74, 6) is -13.2. The van der Waals surface area contributed by atoms with Gasteiger partial charge in [0.25, 0.3) is 20.0 Å². The smallest absolute Gasteiger partial charge is 0.259 e. The lowest BCUT2D eigenvalue weighted by Crippen LogP contribution is -2.33. The lowest BCUT2D eigenvalue weighted by molar-refractivity contribution is 0.357. The summed E-state index contributed by atoms with van der Waals surface area (Å²) < 4.78 is 136. The summed E-state index contributed by atoms with van der Waals surface area (Å²) in [5, 5.41) is 4.30. The largest absolute Gasteiger partial charge is 0.456 e. The lowest BCUT2D eigenvalue weighted by atomic mass is 9.93. The molecule has 0 spiro atoms. The lowest BCUT2D eigenvalue weighted by Gasteiger charge is -2.20. The van der Waals surface area contributed by atoms with Crippen molar-refractivity contribution in [1.82, 2.24) is 24.1 Å². The van der Waals surface area contributed by atoms with Gasteiger partial charge in [-0.05, 0) is 101 Å². The first kappa shape index (κ1) is 48.9. The Hall–Kier alpha value is -9.30. The van der Waals surface area contributed by atoms with E-state index in [9.17, 15) is 38.8 Å². The SMILES string of the molecule is O=S(=O)(NS(=O)(=O)c1c(F)c(F)c(F)c(F)c1F)c1ccccc1-c1c2ccc(=Nc3c(-c4ccncc4)cccc3-c3ccncc3)cc-2oc2cc(Nc3c(-c4ccncc4)cccc3-c3ccncc3)ccc12. The van der Waals surface area contributed by atoms with E-state index in [1.54, 1.807) is 86.0 Å². The molecule has 5 aromatic carbocycles. The third-order valence-corrected chi connectivity index (χ3v) is 16.0. The highest BCUT2D eigenvalue weighted by Gasteiger charge is 2.37. The van der Waals surface area contributed by atoms with Crippen LogP contribution in [0.2, 0.25) is 0 Å². The first-order valence-electron chi connectivity index (χ1n) is 22.9. The maximum atomic E-state index is 15.0. The highest BCUT2D eigenvalue weighted by atomic mass is 32.3. The molecule has 9 aromatic rings. The van der Waals surface area contributed by atoms with Gasteiger partial charge in [0.05, 0.1) is 21.6 Å².